The highest BCUT2D eigenvalue weighted by Crippen LogP contribution is 2.40. The van der Waals surface area contributed by atoms with Crippen LogP contribution in [0.3, 0.4) is 0 Å². The van der Waals surface area contributed by atoms with Crippen LogP contribution in [0, 0.1) is 11.7 Å². The Morgan fingerprint density at radius 1 is 1.07 bits per heavy atom. The largest absolute Gasteiger partial charge is 0.497 e. The van der Waals surface area contributed by atoms with Crippen molar-refractivity contribution in [3.8, 4) is 11.5 Å². The van der Waals surface area contributed by atoms with Crippen molar-refractivity contribution < 1.29 is 23.5 Å². The van der Waals surface area contributed by atoms with Crippen molar-refractivity contribution in [1.82, 2.24) is 10.2 Å². The molecule has 160 valence electrons. The summed E-state index contributed by atoms with van der Waals surface area (Å²) in [5.41, 5.74) is 1.20. The van der Waals surface area contributed by atoms with Gasteiger partial charge in [0.05, 0.1) is 20.1 Å². The molecule has 0 saturated carbocycles. The van der Waals surface area contributed by atoms with Crippen molar-refractivity contribution in [2.24, 2.45) is 5.92 Å². The lowest BCUT2D eigenvalue weighted by molar-refractivity contribution is -0.125. The van der Waals surface area contributed by atoms with Gasteiger partial charge in [-0.05, 0) is 56.3 Å². The molecule has 7 heteroatoms. The number of halogens is 1. The molecule has 0 aromatic heterocycles. The Labute approximate surface area is 176 Å². The van der Waals surface area contributed by atoms with Gasteiger partial charge in [-0.25, -0.2) is 4.39 Å². The molecule has 2 atom stereocenters. The smallest absolute Gasteiger partial charge is 0.253 e. The van der Waals surface area contributed by atoms with E-state index >= 15 is 0 Å². The molecule has 2 aromatic rings. The van der Waals surface area contributed by atoms with Gasteiger partial charge in [0.25, 0.3) is 5.91 Å². The fourth-order valence-corrected chi connectivity index (χ4v) is 3.85. The third kappa shape index (κ3) is 4.56. The third-order valence-electron chi connectivity index (χ3n) is 5.30. The molecular formula is C23H27FN2O4. The van der Waals surface area contributed by atoms with Crippen LogP contribution in [0.5, 0.6) is 11.5 Å². The van der Waals surface area contributed by atoms with E-state index in [1.54, 1.807) is 31.3 Å². The maximum atomic E-state index is 13.3. The van der Waals surface area contributed by atoms with Crippen LogP contribution >= 0.6 is 0 Å². The number of methoxy groups -OCH3 is 2. The first-order valence-corrected chi connectivity index (χ1v) is 9.91. The number of amides is 2. The van der Waals surface area contributed by atoms with Gasteiger partial charge in [-0.3, -0.25) is 9.59 Å². The highest BCUT2D eigenvalue weighted by molar-refractivity contribution is 5.95. The van der Waals surface area contributed by atoms with Crippen LogP contribution in [-0.2, 0) is 4.79 Å². The van der Waals surface area contributed by atoms with Gasteiger partial charge in [0.2, 0.25) is 5.91 Å². The number of rotatable bonds is 6. The van der Waals surface area contributed by atoms with Crippen LogP contribution < -0.4 is 14.8 Å². The van der Waals surface area contributed by atoms with Gasteiger partial charge in [0.1, 0.15) is 17.3 Å². The Kier molecular flexibility index (Phi) is 6.59. The van der Waals surface area contributed by atoms with Crippen molar-refractivity contribution >= 4 is 11.8 Å². The van der Waals surface area contributed by atoms with Crippen LogP contribution in [0.1, 0.15) is 35.7 Å². The summed E-state index contributed by atoms with van der Waals surface area (Å²) in [4.78, 5) is 27.6. The van der Waals surface area contributed by atoms with Crippen molar-refractivity contribution in [1.29, 1.82) is 0 Å². The summed E-state index contributed by atoms with van der Waals surface area (Å²) in [6.45, 7) is 4.40. The maximum absolute atomic E-state index is 13.3. The zero-order valence-electron chi connectivity index (χ0n) is 17.6. The summed E-state index contributed by atoms with van der Waals surface area (Å²) < 4.78 is 24.1. The monoisotopic (exact) mass is 414 g/mol. The minimum absolute atomic E-state index is 0.0211. The number of nitrogens with one attached hydrogen (secondary N) is 1. The molecule has 3 rings (SSSR count). The Bertz CT molecular complexity index is 914. The molecule has 1 aliphatic heterocycles. The van der Waals surface area contributed by atoms with E-state index in [4.69, 9.17) is 9.47 Å². The molecule has 1 N–H and O–H groups in total. The molecule has 1 heterocycles. The van der Waals surface area contributed by atoms with E-state index in [0.717, 1.165) is 5.56 Å². The molecule has 0 bridgehead atoms. The molecule has 0 radical (unpaired) electrons. The number of hydrogen-bond acceptors (Lipinski definition) is 4. The van der Waals surface area contributed by atoms with Crippen LogP contribution in [-0.4, -0.2) is 50.1 Å². The number of benzene rings is 2. The standard InChI is InChI=1S/C23H27FN2O4/c1-14(2)25-22(27)20-13-26(23(28)15-5-7-16(24)8-6-15)12-19(20)18-11-17(29-3)9-10-21(18)30-4/h5-11,14,19-20H,12-13H2,1-4H3,(H,25,27)/t19-,20+/m1/s1. The minimum atomic E-state index is -0.446. The third-order valence-corrected chi connectivity index (χ3v) is 5.30. The number of nitrogens with zero attached hydrogens (tertiary/aromatic N) is 1. The Morgan fingerprint density at radius 3 is 2.37 bits per heavy atom. The first-order chi connectivity index (χ1) is 14.3. The summed E-state index contributed by atoms with van der Waals surface area (Å²) in [5, 5.41) is 2.96. The quantitative estimate of drug-likeness (QED) is 0.788. The predicted octanol–water partition coefficient (Wildman–Crippen LogP) is 3.22. The lowest BCUT2D eigenvalue weighted by atomic mass is 9.87. The van der Waals surface area contributed by atoms with Crippen molar-refractivity contribution in [2.45, 2.75) is 25.8 Å². The summed E-state index contributed by atoms with van der Waals surface area (Å²) in [6, 6.07) is 10.9. The van der Waals surface area contributed by atoms with Gasteiger partial charge >= 0.3 is 0 Å². The molecule has 1 saturated heterocycles. The fraction of sp³-hybridized carbons (Fsp3) is 0.391. The maximum Gasteiger partial charge on any atom is 0.253 e. The number of carbonyl (C=O) groups is 2. The molecule has 2 amide bonds. The molecule has 1 fully saturated rings. The Hall–Kier alpha value is -3.09. The predicted molar refractivity (Wildman–Crippen MR) is 111 cm³/mol. The van der Waals surface area contributed by atoms with Gasteiger partial charge in [0, 0.05) is 36.2 Å². The van der Waals surface area contributed by atoms with Gasteiger partial charge in [0.15, 0.2) is 0 Å². The number of hydrogen-bond donors (Lipinski definition) is 1. The van der Waals surface area contributed by atoms with Gasteiger partial charge < -0.3 is 19.7 Å². The number of likely N-dealkylation sites (tertiary alicyclic amines) is 1. The second kappa shape index (κ2) is 9.15. The van der Waals surface area contributed by atoms with E-state index in [-0.39, 0.29) is 30.3 Å². The van der Waals surface area contributed by atoms with Crippen LogP contribution in [0.25, 0.3) is 0 Å². The highest BCUT2D eigenvalue weighted by Gasteiger charge is 2.42. The first kappa shape index (κ1) is 21.6. The fourth-order valence-electron chi connectivity index (χ4n) is 3.85. The summed E-state index contributed by atoms with van der Waals surface area (Å²) >= 11 is 0. The zero-order valence-corrected chi connectivity index (χ0v) is 17.6. The van der Waals surface area contributed by atoms with Crippen molar-refractivity contribution in [3.05, 3.63) is 59.4 Å². The van der Waals surface area contributed by atoms with Crippen LogP contribution in [0.4, 0.5) is 4.39 Å². The molecular weight excluding hydrogens is 387 g/mol. The topological polar surface area (TPSA) is 67.9 Å². The summed E-state index contributed by atoms with van der Waals surface area (Å²) in [7, 11) is 3.15. The average molecular weight is 414 g/mol. The average Bonchev–Trinajstić information content (AvgIpc) is 3.18. The molecule has 1 aliphatic rings. The van der Waals surface area contributed by atoms with Crippen molar-refractivity contribution in [2.75, 3.05) is 27.3 Å². The second-order valence-corrected chi connectivity index (χ2v) is 7.70. The number of ether oxygens (including phenoxy) is 2. The van der Waals surface area contributed by atoms with Crippen LogP contribution in [0.2, 0.25) is 0 Å². The van der Waals surface area contributed by atoms with E-state index in [1.165, 1.54) is 24.3 Å². The molecule has 30 heavy (non-hydrogen) atoms. The molecule has 0 aliphatic carbocycles. The van der Waals surface area contributed by atoms with E-state index in [1.807, 2.05) is 19.9 Å². The number of carbonyl (C=O) groups excluding carboxylic acids is 2. The highest BCUT2D eigenvalue weighted by atomic mass is 19.1. The lowest BCUT2D eigenvalue weighted by Crippen LogP contribution is -2.39. The van der Waals surface area contributed by atoms with E-state index < -0.39 is 11.7 Å². The molecule has 0 spiro atoms. The SMILES string of the molecule is COc1ccc(OC)c([C@H]2CN(C(=O)c3ccc(F)cc3)C[C@@H]2C(=O)NC(C)C)c1. The van der Waals surface area contributed by atoms with E-state index in [0.29, 0.717) is 23.6 Å². The molecule has 6 nitrogen and oxygen atoms in total. The summed E-state index contributed by atoms with van der Waals surface area (Å²) in [5.74, 6) is -0.176. The van der Waals surface area contributed by atoms with Crippen molar-refractivity contribution in [3.63, 3.8) is 0 Å². The minimum Gasteiger partial charge on any atom is -0.497 e. The second-order valence-electron chi connectivity index (χ2n) is 7.70. The van der Waals surface area contributed by atoms with Gasteiger partial charge in [-0.1, -0.05) is 0 Å². The van der Waals surface area contributed by atoms with E-state index in [9.17, 15) is 14.0 Å². The first-order valence-electron chi connectivity index (χ1n) is 9.91. The lowest BCUT2D eigenvalue weighted by Gasteiger charge is -2.22. The van der Waals surface area contributed by atoms with Gasteiger partial charge in [-0.15, -0.1) is 0 Å². The summed E-state index contributed by atoms with van der Waals surface area (Å²) in [6.07, 6.45) is 0. The molecule has 0 unspecified atom stereocenters. The van der Waals surface area contributed by atoms with Gasteiger partial charge in [-0.2, -0.15) is 0 Å². The zero-order chi connectivity index (χ0) is 21.8. The molecule has 2 aromatic carbocycles. The Morgan fingerprint density at radius 2 is 1.77 bits per heavy atom. The van der Waals surface area contributed by atoms with Crippen LogP contribution in [0.15, 0.2) is 42.5 Å². The Balaban J connectivity index is 1.96. The normalized spacial score (nSPS) is 18.4. The van der Waals surface area contributed by atoms with E-state index in [2.05, 4.69) is 5.32 Å².